The van der Waals surface area contributed by atoms with Gasteiger partial charge in [-0.3, -0.25) is 4.57 Å². The summed E-state index contributed by atoms with van der Waals surface area (Å²) in [7, 11) is 0. The summed E-state index contributed by atoms with van der Waals surface area (Å²) in [6.45, 7) is 4.00. The molecule has 0 saturated heterocycles. The highest BCUT2D eigenvalue weighted by Crippen LogP contribution is 2.22. The minimum Gasteiger partial charge on any atom is -0.287 e. The van der Waals surface area contributed by atoms with Crippen molar-refractivity contribution in [3.05, 3.63) is 40.5 Å². The second kappa shape index (κ2) is 3.53. The molecule has 0 aliphatic carbocycles. The molecule has 2 aromatic heterocycles. The third-order valence-electron chi connectivity index (χ3n) is 2.12. The summed E-state index contributed by atoms with van der Waals surface area (Å²) in [6, 6.07) is 1.97. The molecule has 0 saturated carbocycles. The van der Waals surface area contributed by atoms with Crippen molar-refractivity contribution in [1.29, 1.82) is 0 Å². The average molecular weight is 252 g/mol. The van der Waals surface area contributed by atoms with E-state index in [4.69, 9.17) is 0 Å². The van der Waals surface area contributed by atoms with Gasteiger partial charge < -0.3 is 0 Å². The Labute approximate surface area is 90.9 Å². The van der Waals surface area contributed by atoms with Gasteiger partial charge in [0.1, 0.15) is 5.82 Å². The molecule has 14 heavy (non-hydrogen) atoms. The van der Waals surface area contributed by atoms with E-state index in [-0.39, 0.29) is 0 Å². The van der Waals surface area contributed by atoms with E-state index in [2.05, 4.69) is 25.9 Å². The van der Waals surface area contributed by atoms with Crippen LogP contribution in [-0.2, 0) is 0 Å². The first kappa shape index (κ1) is 9.40. The lowest BCUT2D eigenvalue weighted by Gasteiger charge is -2.07. The van der Waals surface area contributed by atoms with E-state index >= 15 is 0 Å². The van der Waals surface area contributed by atoms with Crippen LogP contribution in [0.5, 0.6) is 0 Å². The number of nitrogens with zero attached hydrogens (tertiary/aromatic N) is 3. The zero-order valence-corrected chi connectivity index (χ0v) is 9.62. The molecular weight excluding hydrogens is 242 g/mol. The Bertz CT molecular complexity index is 462. The lowest BCUT2D eigenvalue weighted by Crippen LogP contribution is -2.00. The number of rotatable bonds is 1. The van der Waals surface area contributed by atoms with Gasteiger partial charge in [0.2, 0.25) is 0 Å². The number of imidazole rings is 1. The summed E-state index contributed by atoms with van der Waals surface area (Å²) >= 11 is 3.52. The monoisotopic (exact) mass is 251 g/mol. The Morgan fingerprint density at radius 2 is 2.00 bits per heavy atom. The van der Waals surface area contributed by atoms with Crippen LogP contribution in [-0.4, -0.2) is 14.5 Å². The van der Waals surface area contributed by atoms with Crippen molar-refractivity contribution in [2.24, 2.45) is 0 Å². The van der Waals surface area contributed by atoms with Crippen molar-refractivity contribution in [3.63, 3.8) is 0 Å². The molecule has 0 aromatic carbocycles. The van der Waals surface area contributed by atoms with E-state index < -0.39 is 0 Å². The summed E-state index contributed by atoms with van der Waals surface area (Å²) in [5, 5.41) is 0. The predicted octanol–water partition coefficient (Wildman–Crippen LogP) is 2.65. The Kier molecular flexibility index (Phi) is 2.37. The normalized spacial score (nSPS) is 10.5. The van der Waals surface area contributed by atoms with Crippen molar-refractivity contribution >= 4 is 15.9 Å². The van der Waals surface area contributed by atoms with Crippen LogP contribution in [0.15, 0.2) is 29.1 Å². The van der Waals surface area contributed by atoms with E-state index in [1.54, 1.807) is 12.4 Å². The fourth-order valence-electron chi connectivity index (χ4n) is 1.30. The molecular formula is C10H10BrN3. The molecule has 72 valence electrons. The molecule has 4 heteroatoms. The van der Waals surface area contributed by atoms with Gasteiger partial charge in [0.15, 0.2) is 5.82 Å². The lowest BCUT2D eigenvalue weighted by molar-refractivity contribution is 0.922. The van der Waals surface area contributed by atoms with Gasteiger partial charge in [0.05, 0.1) is 4.47 Å². The SMILES string of the molecule is Cc1ccnc(-n2ccnc2C)c1Br. The zero-order chi connectivity index (χ0) is 10.1. The molecule has 0 amide bonds. The van der Waals surface area contributed by atoms with Gasteiger partial charge in [-0.05, 0) is 41.4 Å². The van der Waals surface area contributed by atoms with Crippen LogP contribution in [0.2, 0.25) is 0 Å². The summed E-state index contributed by atoms with van der Waals surface area (Å²) < 4.78 is 2.97. The topological polar surface area (TPSA) is 30.7 Å². The third kappa shape index (κ3) is 1.46. The largest absolute Gasteiger partial charge is 0.287 e. The molecule has 2 rings (SSSR count). The molecule has 0 atom stereocenters. The van der Waals surface area contributed by atoms with Gasteiger partial charge in [0.25, 0.3) is 0 Å². The maximum atomic E-state index is 4.32. The first-order valence-corrected chi connectivity index (χ1v) is 5.11. The Balaban J connectivity index is 2.63. The average Bonchev–Trinajstić information content (AvgIpc) is 2.57. The van der Waals surface area contributed by atoms with E-state index in [0.29, 0.717) is 0 Å². The highest BCUT2D eigenvalue weighted by Gasteiger charge is 2.07. The molecule has 0 aliphatic heterocycles. The van der Waals surface area contributed by atoms with Crippen LogP contribution in [0.25, 0.3) is 5.82 Å². The second-order valence-electron chi connectivity index (χ2n) is 3.11. The van der Waals surface area contributed by atoms with Gasteiger partial charge in [-0.25, -0.2) is 9.97 Å². The molecule has 0 N–H and O–H groups in total. The Morgan fingerprint density at radius 3 is 2.64 bits per heavy atom. The molecule has 0 bridgehead atoms. The number of hydrogen-bond acceptors (Lipinski definition) is 2. The third-order valence-corrected chi connectivity index (χ3v) is 3.10. The summed E-state index contributed by atoms with van der Waals surface area (Å²) in [6.07, 6.45) is 5.47. The molecule has 0 aliphatic rings. The Morgan fingerprint density at radius 1 is 1.21 bits per heavy atom. The fraction of sp³-hybridized carbons (Fsp3) is 0.200. The molecule has 0 fully saturated rings. The van der Waals surface area contributed by atoms with Crippen molar-refractivity contribution in [3.8, 4) is 5.82 Å². The van der Waals surface area contributed by atoms with Crippen LogP contribution in [0.1, 0.15) is 11.4 Å². The van der Waals surface area contributed by atoms with E-state index in [0.717, 1.165) is 16.1 Å². The van der Waals surface area contributed by atoms with E-state index in [1.807, 2.05) is 30.7 Å². The van der Waals surface area contributed by atoms with Crippen molar-refractivity contribution < 1.29 is 0 Å². The minimum absolute atomic E-state index is 0.889. The van der Waals surface area contributed by atoms with Crippen LogP contribution in [0.4, 0.5) is 0 Å². The maximum absolute atomic E-state index is 4.32. The van der Waals surface area contributed by atoms with E-state index in [1.165, 1.54) is 5.56 Å². The van der Waals surface area contributed by atoms with Gasteiger partial charge >= 0.3 is 0 Å². The van der Waals surface area contributed by atoms with Crippen molar-refractivity contribution in [1.82, 2.24) is 14.5 Å². The lowest BCUT2D eigenvalue weighted by atomic mass is 10.3. The molecule has 2 aromatic rings. The first-order chi connectivity index (χ1) is 6.70. The minimum atomic E-state index is 0.889. The van der Waals surface area contributed by atoms with Crippen LogP contribution in [0, 0.1) is 13.8 Å². The molecule has 3 nitrogen and oxygen atoms in total. The fourth-order valence-corrected chi connectivity index (χ4v) is 1.72. The van der Waals surface area contributed by atoms with Gasteiger partial charge in [0, 0.05) is 18.6 Å². The summed E-state index contributed by atoms with van der Waals surface area (Å²) in [5.74, 6) is 1.82. The summed E-state index contributed by atoms with van der Waals surface area (Å²) in [4.78, 5) is 8.48. The number of aryl methyl sites for hydroxylation is 2. The molecule has 0 unspecified atom stereocenters. The van der Waals surface area contributed by atoms with Crippen molar-refractivity contribution in [2.45, 2.75) is 13.8 Å². The number of halogens is 1. The van der Waals surface area contributed by atoms with Gasteiger partial charge in [-0.15, -0.1) is 0 Å². The van der Waals surface area contributed by atoms with Crippen LogP contribution >= 0.6 is 15.9 Å². The molecule has 2 heterocycles. The van der Waals surface area contributed by atoms with Crippen LogP contribution in [0.3, 0.4) is 0 Å². The highest BCUT2D eigenvalue weighted by molar-refractivity contribution is 9.10. The number of hydrogen-bond donors (Lipinski definition) is 0. The van der Waals surface area contributed by atoms with Gasteiger partial charge in [-0.2, -0.15) is 0 Å². The maximum Gasteiger partial charge on any atom is 0.152 e. The smallest absolute Gasteiger partial charge is 0.152 e. The van der Waals surface area contributed by atoms with E-state index in [9.17, 15) is 0 Å². The first-order valence-electron chi connectivity index (χ1n) is 4.31. The molecule has 0 spiro atoms. The zero-order valence-electron chi connectivity index (χ0n) is 8.03. The van der Waals surface area contributed by atoms with Crippen molar-refractivity contribution in [2.75, 3.05) is 0 Å². The number of pyridine rings is 1. The highest BCUT2D eigenvalue weighted by atomic mass is 79.9. The van der Waals surface area contributed by atoms with Crippen LogP contribution < -0.4 is 0 Å². The standard InChI is InChI=1S/C10H10BrN3/c1-7-3-4-13-10(9(7)11)14-6-5-12-8(14)2/h3-6H,1-2H3. The quantitative estimate of drug-likeness (QED) is 0.781. The second-order valence-corrected chi connectivity index (χ2v) is 3.90. The molecule has 0 radical (unpaired) electrons. The Hall–Kier alpha value is -1.16. The predicted molar refractivity (Wildman–Crippen MR) is 58.5 cm³/mol. The van der Waals surface area contributed by atoms with Gasteiger partial charge in [-0.1, -0.05) is 0 Å². The summed E-state index contributed by atoms with van der Waals surface area (Å²) in [5.41, 5.74) is 1.17. The number of aromatic nitrogens is 3.